The Morgan fingerprint density at radius 2 is 1.93 bits per heavy atom. The average molecular weight is 197 g/mol. The third kappa shape index (κ3) is 2.37. The highest BCUT2D eigenvalue weighted by Crippen LogP contribution is 2.18. The van der Waals surface area contributed by atoms with E-state index in [0.29, 0.717) is 12.6 Å². The summed E-state index contributed by atoms with van der Waals surface area (Å²) < 4.78 is 0. The SMILES string of the molecule is O=CN1CCC(NC(=O)NC2CC2)C1. The van der Waals surface area contributed by atoms with Gasteiger partial charge in [0.25, 0.3) is 0 Å². The molecule has 78 valence electrons. The van der Waals surface area contributed by atoms with Crippen molar-refractivity contribution < 1.29 is 9.59 Å². The third-order valence-electron chi connectivity index (χ3n) is 2.62. The van der Waals surface area contributed by atoms with Gasteiger partial charge in [0.1, 0.15) is 0 Å². The van der Waals surface area contributed by atoms with E-state index in [-0.39, 0.29) is 12.1 Å². The summed E-state index contributed by atoms with van der Waals surface area (Å²) in [5.74, 6) is 0. The van der Waals surface area contributed by atoms with Crippen molar-refractivity contribution in [2.75, 3.05) is 13.1 Å². The van der Waals surface area contributed by atoms with Crippen LogP contribution in [0.1, 0.15) is 19.3 Å². The van der Waals surface area contributed by atoms with Gasteiger partial charge in [0, 0.05) is 25.2 Å². The molecular weight excluding hydrogens is 182 g/mol. The van der Waals surface area contributed by atoms with E-state index in [9.17, 15) is 9.59 Å². The van der Waals surface area contributed by atoms with Gasteiger partial charge in [0.15, 0.2) is 0 Å². The summed E-state index contributed by atoms with van der Waals surface area (Å²) in [5.41, 5.74) is 0. The van der Waals surface area contributed by atoms with Crippen LogP contribution in [0.3, 0.4) is 0 Å². The molecule has 2 fully saturated rings. The van der Waals surface area contributed by atoms with Gasteiger partial charge in [0.2, 0.25) is 6.41 Å². The predicted molar refractivity (Wildman–Crippen MR) is 50.7 cm³/mol. The molecule has 5 heteroatoms. The minimum absolute atomic E-state index is 0.0924. The lowest BCUT2D eigenvalue weighted by Gasteiger charge is -2.13. The molecule has 3 amide bonds. The molecule has 2 aliphatic rings. The van der Waals surface area contributed by atoms with Gasteiger partial charge in [0.05, 0.1) is 0 Å². The van der Waals surface area contributed by atoms with E-state index >= 15 is 0 Å². The van der Waals surface area contributed by atoms with Crippen LogP contribution in [0.2, 0.25) is 0 Å². The molecule has 1 aliphatic heterocycles. The van der Waals surface area contributed by atoms with Crippen molar-refractivity contribution in [3.8, 4) is 0 Å². The number of rotatable bonds is 3. The van der Waals surface area contributed by atoms with Gasteiger partial charge in [-0.1, -0.05) is 0 Å². The van der Waals surface area contributed by atoms with Crippen LogP contribution in [0.15, 0.2) is 0 Å². The number of hydrogen-bond donors (Lipinski definition) is 2. The van der Waals surface area contributed by atoms with Crippen molar-refractivity contribution in [1.82, 2.24) is 15.5 Å². The van der Waals surface area contributed by atoms with Gasteiger partial charge < -0.3 is 15.5 Å². The summed E-state index contributed by atoms with van der Waals surface area (Å²) in [4.78, 5) is 23.4. The number of likely N-dealkylation sites (tertiary alicyclic amines) is 1. The van der Waals surface area contributed by atoms with Crippen molar-refractivity contribution in [3.05, 3.63) is 0 Å². The Hall–Kier alpha value is -1.26. The molecule has 2 N–H and O–H groups in total. The second kappa shape index (κ2) is 3.86. The van der Waals surface area contributed by atoms with Crippen LogP contribution in [0.4, 0.5) is 4.79 Å². The molecule has 0 aromatic rings. The highest BCUT2D eigenvalue weighted by molar-refractivity contribution is 5.75. The van der Waals surface area contributed by atoms with Crippen LogP contribution in [-0.2, 0) is 4.79 Å². The maximum Gasteiger partial charge on any atom is 0.315 e. The Labute approximate surface area is 82.8 Å². The molecule has 5 nitrogen and oxygen atoms in total. The van der Waals surface area contributed by atoms with E-state index in [0.717, 1.165) is 32.2 Å². The van der Waals surface area contributed by atoms with Gasteiger partial charge in [-0.05, 0) is 19.3 Å². The van der Waals surface area contributed by atoms with Crippen LogP contribution in [-0.4, -0.2) is 42.5 Å². The number of carbonyl (C=O) groups is 2. The van der Waals surface area contributed by atoms with Gasteiger partial charge in [-0.15, -0.1) is 0 Å². The average Bonchev–Trinajstić information content (AvgIpc) is 2.83. The lowest BCUT2D eigenvalue weighted by molar-refractivity contribution is -0.117. The molecule has 1 saturated carbocycles. The van der Waals surface area contributed by atoms with Crippen molar-refractivity contribution in [1.29, 1.82) is 0 Å². The normalized spacial score (nSPS) is 26.0. The first kappa shape index (κ1) is 9.30. The minimum Gasteiger partial charge on any atom is -0.343 e. The standard InChI is InChI=1S/C9H15N3O2/c13-6-12-4-3-8(5-12)11-9(14)10-7-1-2-7/h6-8H,1-5H2,(H2,10,11,14). The molecule has 1 atom stereocenters. The van der Waals surface area contributed by atoms with Crippen LogP contribution in [0.25, 0.3) is 0 Å². The lowest BCUT2D eigenvalue weighted by Crippen LogP contribution is -2.44. The number of hydrogen-bond acceptors (Lipinski definition) is 2. The van der Waals surface area contributed by atoms with Gasteiger partial charge in [-0.3, -0.25) is 4.79 Å². The second-order valence-corrected chi connectivity index (χ2v) is 3.98. The van der Waals surface area contributed by atoms with Crippen LogP contribution in [0, 0.1) is 0 Å². The first-order valence-electron chi connectivity index (χ1n) is 5.04. The summed E-state index contributed by atoms with van der Waals surface area (Å²) in [6.07, 6.45) is 3.88. The summed E-state index contributed by atoms with van der Waals surface area (Å²) in [6, 6.07) is 0.419. The van der Waals surface area contributed by atoms with Crippen molar-refractivity contribution in [2.24, 2.45) is 0 Å². The molecule has 1 aliphatic carbocycles. The van der Waals surface area contributed by atoms with Crippen LogP contribution >= 0.6 is 0 Å². The number of nitrogens with zero attached hydrogens (tertiary/aromatic N) is 1. The van der Waals surface area contributed by atoms with Crippen LogP contribution < -0.4 is 10.6 Å². The number of urea groups is 1. The van der Waals surface area contributed by atoms with Crippen molar-refractivity contribution in [3.63, 3.8) is 0 Å². The Morgan fingerprint density at radius 1 is 1.21 bits per heavy atom. The Kier molecular flexibility index (Phi) is 2.56. The zero-order valence-corrected chi connectivity index (χ0v) is 8.03. The molecule has 14 heavy (non-hydrogen) atoms. The maximum atomic E-state index is 11.3. The molecule has 1 heterocycles. The second-order valence-electron chi connectivity index (χ2n) is 3.98. The fraction of sp³-hybridized carbons (Fsp3) is 0.778. The third-order valence-corrected chi connectivity index (χ3v) is 2.62. The molecule has 1 unspecified atom stereocenters. The van der Waals surface area contributed by atoms with Crippen molar-refractivity contribution >= 4 is 12.4 Å². The first-order chi connectivity index (χ1) is 6.78. The fourth-order valence-corrected chi connectivity index (χ4v) is 1.64. The molecule has 2 rings (SSSR count). The van der Waals surface area contributed by atoms with E-state index in [1.165, 1.54) is 0 Å². The largest absolute Gasteiger partial charge is 0.343 e. The van der Waals surface area contributed by atoms with Crippen molar-refractivity contribution in [2.45, 2.75) is 31.3 Å². The van der Waals surface area contributed by atoms with E-state index in [1.54, 1.807) is 4.90 Å². The Bertz CT molecular complexity index is 240. The molecule has 0 bridgehead atoms. The molecule has 0 aromatic heterocycles. The van der Waals surface area contributed by atoms with Gasteiger partial charge in [-0.25, -0.2) is 4.79 Å². The summed E-state index contributed by atoms with van der Waals surface area (Å²) >= 11 is 0. The summed E-state index contributed by atoms with van der Waals surface area (Å²) in [6.45, 7) is 1.39. The van der Waals surface area contributed by atoms with Gasteiger partial charge in [-0.2, -0.15) is 0 Å². The maximum absolute atomic E-state index is 11.3. The monoisotopic (exact) mass is 197 g/mol. The lowest BCUT2D eigenvalue weighted by atomic mass is 10.3. The number of carbonyl (C=O) groups excluding carboxylic acids is 2. The van der Waals surface area contributed by atoms with E-state index < -0.39 is 0 Å². The number of amides is 3. The van der Waals surface area contributed by atoms with Gasteiger partial charge >= 0.3 is 6.03 Å². The minimum atomic E-state index is -0.0924. The quantitative estimate of drug-likeness (QED) is 0.609. The smallest absolute Gasteiger partial charge is 0.315 e. The molecule has 0 radical (unpaired) electrons. The predicted octanol–water partition coefficient (Wildman–Crippen LogP) is -0.321. The molecule has 0 spiro atoms. The molecule has 1 saturated heterocycles. The van der Waals surface area contributed by atoms with E-state index in [4.69, 9.17) is 0 Å². The molecule has 0 aromatic carbocycles. The topological polar surface area (TPSA) is 61.4 Å². The Balaban J connectivity index is 1.69. The fourth-order valence-electron chi connectivity index (χ4n) is 1.64. The van der Waals surface area contributed by atoms with E-state index in [1.807, 2.05) is 0 Å². The zero-order valence-electron chi connectivity index (χ0n) is 8.03. The summed E-state index contributed by atoms with van der Waals surface area (Å²) in [5, 5.41) is 5.72. The number of nitrogens with one attached hydrogen (secondary N) is 2. The summed E-state index contributed by atoms with van der Waals surface area (Å²) in [7, 11) is 0. The Morgan fingerprint density at radius 3 is 2.50 bits per heavy atom. The van der Waals surface area contributed by atoms with Crippen LogP contribution in [0.5, 0.6) is 0 Å². The first-order valence-corrected chi connectivity index (χ1v) is 5.04. The zero-order chi connectivity index (χ0) is 9.97. The highest BCUT2D eigenvalue weighted by atomic mass is 16.2. The van der Waals surface area contributed by atoms with E-state index in [2.05, 4.69) is 10.6 Å². The highest BCUT2D eigenvalue weighted by Gasteiger charge is 2.26. The molecular formula is C9H15N3O2.